The van der Waals surface area contributed by atoms with Crippen LogP contribution >= 0.6 is 0 Å². The Bertz CT molecular complexity index is 402. The summed E-state index contributed by atoms with van der Waals surface area (Å²) in [6.45, 7) is 2.70. The van der Waals surface area contributed by atoms with Crippen molar-refractivity contribution in [2.75, 3.05) is 13.7 Å². The SMILES string of the molecule is COC(=O)[C@@H](C)[C@H]1CCO[C@H]1CCc1ccccc1. The smallest absolute Gasteiger partial charge is 0.308 e. The third-order valence-corrected chi connectivity index (χ3v) is 4.04. The number of esters is 1. The summed E-state index contributed by atoms with van der Waals surface area (Å²) in [6.07, 6.45) is 3.09. The van der Waals surface area contributed by atoms with Gasteiger partial charge in [0.1, 0.15) is 0 Å². The van der Waals surface area contributed by atoms with Crippen LogP contribution in [0.2, 0.25) is 0 Å². The molecule has 1 aromatic carbocycles. The normalized spacial score (nSPS) is 24.1. The Morgan fingerprint density at radius 2 is 2.16 bits per heavy atom. The predicted molar refractivity (Wildman–Crippen MR) is 73.8 cm³/mol. The zero-order valence-electron chi connectivity index (χ0n) is 11.7. The van der Waals surface area contributed by atoms with E-state index in [-0.39, 0.29) is 23.9 Å². The summed E-state index contributed by atoms with van der Waals surface area (Å²) in [4.78, 5) is 11.6. The largest absolute Gasteiger partial charge is 0.469 e. The summed E-state index contributed by atoms with van der Waals surface area (Å²) >= 11 is 0. The first kappa shape index (κ1) is 14.1. The fraction of sp³-hybridized carbons (Fsp3) is 0.562. The molecule has 0 aromatic heterocycles. The zero-order valence-corrected chi connectivity index (χ0v) is 11.7. The van der Waals surface area contributed by atoms with Crippen LogP contribution in [-0.2, 0) is 20.7 Å². The second-order valence-electron chi connectivity index (χ2n) is 5.20. The molecular weight excluding hydrogens is 240 g/mol. The van der Waals surface area contributed by atoms with Gasteiger partial charge in [-0.25, -0.2) is 0 Å². The van der Waals surface area contributed by atoms with Gasteiger partial charge in [0.05, 0.1) is 19.1 Å². The van der Waals surface area contributed by atoms with Gasteiger partial charge in [-0.1, -0.05) is 37.3 Å². The third kappa shape index (κ3) is 3.57. The molecule has 1 aromatic rings. The van der Waals surface area contributed by atoms with Gasteiger partial charge < -0.3 is 9.47 Å². The van der Waals surface area contributed by atoms with Crippen molar-refractivity contribution in [2.24, 2.45) is 11.8 Å². The van der Waals surface area contributed by atoms with Crippen LogP contribution in [0.4, 0.5) is 0 Å². The van der Waals surface area contributed by atoms with Crippen LogP contribution in [0.25, 0.3) is 0 Å². The van der Waals surface area contributed by atoms with Crippen molar-refractivity contribution >= 4 is 5.97 Å². The molecule has 0 aliphatic carbocycles. The van der Waals surface area contributed by atoms with Gasteiger partial charge in [-0.2, -0.15) is 0 Å². The molecule has 0 spiro atoms. The first-order valence-corrected chi connectivity index (χ1v) is 6.95. The van der Waals surface area contributed by atoms with E-state index in [2.05, 4.69) is 24.3 Å². The number of methoxy groups -OCH3 is 1. The number of aryl methyl sites for hydroxylation is 1. The lowest BCUT2D eigenvalue weighted by Crippen LogP contribution is -2.29. The van der Waals surface area contributed by atoms with E-state index in [1.165, 1.54) is 12.7 Å². The minimum atomic E-state index is -0.125. The molecule has 19 heavy (non-hydrogen) atoms. The predicted octanol–water partition coefficient (Wildman–Crippen LogP) is 2.83. The Morgan fingerprint density at radius 1 is 1.42 bits per heavy atom. The number of ether oxygens (including phenoxy) is 2. The van der Waals surface area contributed by atoms with E-state index in [0.29, 0.717) is 0 Å². The van der Waals surface area contributed by atoms with Crippen molar-refractivity contribution in [3.8, 4) is 0 Å². The zero-order chi connectivity index (χ0) is 13.7. The Labute approximate surface area is 114 Å². The maximum atomic E-state index is 11.6. The lowest BCUT2D eigenvalue weighted by Gasteiger charge is -2.22. The fourth-order valence-electron chi connectivity index (χ4n) is 2.85. The van der Waals surface area contributed by atoms with Crippen LogP contribution in [0.1, 0.15) is 25.3 Å². The van der Waals surface area contributed by atoms with Gasteiger partial charge in [0.25, 0.3) is 0 Å². The van der Waals surface area contributed by atoms with Gasteiger partial charge in [0.2, 0.25) is 0 Å². The highest BCUT2D eigenvalue weighted by Crippen LogP contribution is 2.31. The van der Waals surface area contributed by atoms with E-state index in [0.717, 1.165) is 25.9 Å². The van der Waals surface area contributed by atoms with Gasteiger partial charge in [-0.05, 0) is 24.8 Å². The van der Waals surface area contributed by atoms with Crippen molar-refractivity contribution in [3.05, 3.63) is 35.9 Å². The van der Waals surface area contributed by atoms with E-state index in [1.807, 2.05) is 13.0 Å². The fourth-order valence-corrected chi connectivity index (χ4v) is 2.85. The highest BCUT2D eigenvalue weighted by molar-refractivity contribution is 5.72. The highest BCUT2D eigenvalue weighted by Gasteiger charge is 2.35. The summed E-state index contributed by atoms with van der Waals surface area (Å²) in [5.74, 6) is 0.0876. The number of carbonyl (C=O) groups excluding carboxylic acids is 1. The van der Waals surface area contributed by atoms with E-state index < -0.39 is 0 Å². The van der Waals surface area contributed by atoms with Gasteiger partial charge in [0, 0.05) is 12.5 Å². The lowest BCUT2D eigenvalue weighted by atomic mass is 9.85. The van der Waals surface area contributed by atoms with Crippen LogP contribution in [-0.4, -0.2) is 25.8 Å². The van der Waals surface area contributed by atoms with Gasteiger partial charge in [-0.15, -0.1) is 0 Å². The molecule has 0 bridgehead atoms. The molecule has 2 rings (SSSR count). The monoisotopic (exact) mass is 262 g/mol. The minimum Gasteiger partial charge on any atom is -0.469 e. The molecule has 1 saturated heterocycles. The van der Waals surface area contributed by atoms with Crippen LogP contribution in [0.3, 0.4) is 0 Å². The van der Waals surface area contributed by atoms with Crippen molar-refractivity contribution in [3.63, 3.8) is 0 Å². The molecule has 1 aliphatic rings. The molecule has 1 fully saturated rings. The van der Waals surface area contributed by atoms with Gasteiger partial charge in [0.15, 0.2) is 0 Å². The van der Waals surface area contributed by atoms with E-state index >= 15 is 0 Å². The second-order valence-corrected chi connectivity index (χ2v) is 5.20. The summed E-state index contributed by atoms with van der Waals surface area (Å²) < 4.78 is 10.6. The van der Waals surface area contributed by atoms with Crippen LogP contribution in [0.5, 0.6) is 0 Å². The minimum absolute atomic E-state index is 0.0757. The van der Waals surface area contributed by atoms with Crippen LogP contribution in [0.15, 0.2) is 30.3 Å². The third-order valence-electron chi connectivity index (χ3n) is 4.04. The number of hydrogen-bond donors (Lipinski definition) is 0. The number of rotatable bonds is 5. The Hall–Kier alpha value is -1.35. The maximum Gasteiger partial charge on any atom is 0.308 e. The molecule has 104 valence electrons. The van der Waals surface area contributed by atoms with Crippen LogP contribution in [0, 0.1) is 11.8 Å². The molecule has 3 nitrogen and oxygen atoms in total. The topological polar surface area (TPSA) is 35.5 Å². The molecule has 0 N–H and O–H groups in total. The molecule has 0 radical (unpaired) electrons. The first-order valence-electron chi connectivity index (χ1n) is 6.95. The van der Waals surface area contributed by atoms with Crippen molar-refractivity contribution in [1.82, 2.24) is 0 Å². The standard InChI is InChI=1S/C16H22O3/c1-12(16(17)18-2)14-10-11-19-15(14)9-8-13-6-4-3-5-7-13/h3-7,12,14-15H,8-11H2,1-2H3/t12-,14+,15-/m0/s1. The number of carbonyl (C=O) groups is 1. The van der Waals surface area contributed by atoms with E-state index in [1.54, 1.807) is 0 Å². The average Bonchev–Trinajstić information content (AvgIpc) is 2.93. The number of benzene rings is 1. The van der Waals surface area contributed by atoms with Crippen molar-refractivity contribution < 1.29 is 14.3 Å². The summed E-state index contributed by atoms with van der Waals surface area (Å²) in [6, 6.07) is 10.4. The average molecular weight is 262 g/mol. The first-order chi connectivity index (χ1) is 9.22. The van der Waals surface area contributed by atoms with Crippen molar-refractivity contribution in [2.45, 2.75) is 32.3 Å². The summed E-state index contributed by atoms with van der Waals surface area (Å²) in [7, 11) is 1.45. The molecule has 3 atom stereocenters. The highest BCUT2D eigenvalue weighted by atomic mass is 16.5. The van der Waals surface area contributed by atoms with E-state index in [4.69, 9.17) is 9.47 Å². The Morgan fingerprint density at radius 3 is 2.84 bits per heavy atom. The van der Waals surface area contributed by atoms with E-state index in [9.17, 15) is 4.79 Å². The quantitative estimate of drug-likeness (QED) is 0.765. The second kappa shape index (κ2) is 6.71. The summed E-state index contributed by atoms with van der Waals surface area (Å²) in [5, 5.41) is 0. The van der Waals surface area contributed by atoms with Gasteiger partial charge >= 0.3 is 5.97 Å². The molecule has 1 aliphatic heterocycles. The molecule has 0 amide bonds. The molecular formula is C16H22O3. The molecule has 3 heteroatoms. The molecule has 0 saturated carbocycles. The van der Waals surface area contributed by atoms with Crippen LogP contribution < -0.4 is 0 Å². The summed E-state index contributed by atoms with van der Waals surface area (Å²) in [5.41, 5.74) is 1.32. The van der Waals surface area contributed by atoms with Crippen molar-refractivity contribution in [1.29, 1.82) is 0 Å². The molecule has 0 unspecified atom stereocenters. The number of hydrogen-bond acceptors (Lipinski definition) is 3. The molecule has 1 heterocycles. The Kier molecular flexibility index (Phi) is 4.97. The van der Waals surface area contributed by atoms with Gasteiger partial charge in [-0.3, -0.25) is 4.79 Å². The Balaban J connectivity index is 1.90. The lowest BCUT2D eigenvalue weighted by molar-refractivity contribution is -0.147. The maximum absolute atomic E-state index is 11.6.